The molecule has 1 aliphatic heterocycles. The molecule has 2 amide bonds. The van der Waals surface area contributed by atoms with Crippen molar-refractivity contribution >= 4 is 23.2 Å². The fraction of sp³-hybridized carbons (Fsp3) is 0.500. The highest BCUT2D eigenvalue weighted by molar-refractivity contribution is 7.10. The summed E-state index contributed by atoms with van der Waals surface area (Å²) >= 11 is 1.39. The van der Waals surface area contributed by atoms with Crippen LogP contribution in [0.5, 0.6) is 0 Å². The van der Waals surface area contributed by atoms with Crippen molar-refractivity contribution in [2.24, 2.45) is 0 Å². The van der Waals surface area contributed by atoms with Gasteiger partial charge < -0.3 is 9.84 Å². The number of thiophene rings is 1. The molecule has 3 rings (SSSR count). The highest BCUT2D eigenvalue weighted by Gasteiger charge is 2.51. The lowest BCUT2D eigenvalue weighted by atomic mass is 10.0. The van der Waals surface area contributed by atoms with Gasteiger partial charge in [0.1, 0.15) is 0 Å². The van der Waals surface area contributed by atoms with Crippen LogP contribution in [0.25, 0.3) is 0 Å². The summed E-state index contributed by atoms with van der Waals surface area (Å²) in [5.41, 5.74) is 0.169. The largest absolute Gasteiger partial charge is 0.396 e. The van der Waals surface area contributed by atoms with Crippen LogP contribution in [-0.2, 0) is 10.5 Å². The van der Waals surface area contributed by atoms with E-state index in [1.165, 1.54) is 63.4 Å². The predicted octanol–water partition coefficient (Wildman–Crippen LogP) is 6.11. The Hall–Kier alpha value is -2.46. The van der Waals surface area contributed by atoms with Crippen LogP contribution in [0.3, 0.4) is 0 Å². The quantitative estimate of drug-likeness (QED) is 0.213. The first kappa shape index (κ1) is 26.2. The van der Waals surface area contributed by atoms with Crippen molar-refractivity contribution in [2.45, 2.75) is 76.9 Å². The molecular weight excluding hydrogens is 446 g/mol. The predicted molar refractivity (Wildman–Crippen MR) is 136 cm³/mol. The van der Waals surface area contributed by atoms with Crippen molar-refractivity contribution < 1.29 is 19.4 Å². The number of carbonyl (C=O) groups is 2. The Morgan fingerprint density at radius 3 is 2.21 bits per heavy atom. The first-order chi connectivity index (χ1) is 16.6. The van der Waals surface area contributed by atoms with Crippen LogP contribution in [0.15, 0.2) is 35.7 Å². The van der Waals surface area contributed by atoms with E-state index < -0.39 is 17.5 Å². The Kier molecular flexibility index (Phi) is 9.88. The van der Waals surface area contributed by atoms with E-state index in [4.69, 9.17) is 4.74 Å². The molecule has 0 saturated heterocycles. The van der Waals surface area contributed by atoms with Gasteiger partial charge in [0, 0.05) is 37.5 Å². The molecule has 2 heterocycles. The molecule has 0 radical (unpaired) electrons. The number of carbonyl (C=O) groups excluding carboxylic acids is 2. The van der Waals surface area contributed by atoms with E-state index in [0.29, 0.717) is 16.0 Å². The molecule has 0 saturated carbocycles. The van der Waals surface area contributed by atoms with E-state index in [0.717, 1.165) is 23.3 Å². The molecule has 0 aliphatic carbocycles. The highest BCUT2D eigenvalue weighted by atomic mass is 32.1. The van der Waals surface area contributed by atoms with Gasteiger partial charge in [-0.15, -0.1) is 11.3 Å². The summed E-state index contributed by atoms with van der Waals surface area (Å²) in [6.07, 6.45) is 11.1. The lowest BCUT2D eigenvalue weighted by Gasteiger charge is -2.38. The maximum absolute atomic E-state index is 13.2. The number of methoxy groups -OCH3 is 1. The normalized spacial score (nSPS) is 14.6. The number of benzene rings is 1. The number of amides is 2. The van der Waals surface area contributed by atoms with E-state index in [-0.39, 0.29) is 13.0 Å². The number of nitrogens with zero attached hydrogens (tertiary/aromatic N) is 1. The Bertz CT molecular complexity index is 999. The molecule has 0 fully saturated rings. The Labute approximate surface area is 207 Å². The number of ether oxygens (including phenoxy) is 1. The Balaban J connectivity index is 1.66. The van der Waals surface area contributed by atoms with Crippen molar-refractivity contribution in [3.8, 4) is 11.8 Å². The number of rotatable bonds is 13. The van der Waals surface area contributed by atoms with Crippen LogP contribution in [0.4, 0.5) is 0 Å². The summed E-state index contributed by atoms with van der Waals surface area (Å²) in [6.45, 7) is 2.00. The maximum Gasteiger partial charge on any atom is 0.264 e. The number of hydrogen-bond donors (Lipinski definition) is 1. The first-order valence-corrected chi connectivity index (χ1v) is 13.2. The molecule has 34 heavy (non-hydrogen) atoms. The SMILES string of the molecule is CCCCCCCCCCC#Cc1csc(C(CCO)(OC)N2C(=O)c3ccccc3C2=O)c1. The summed E-state index contributed by atoms with van der Waals surface area (Å²) in [4.78, 5) is 28.1. The number of aliphatic hydroxyl groups is 1. The minimum absolute atomic E-state index is 0.0839. The van der Waals surface area contributed by atoms with E-state index in [1.807, 2.05) is 11.4 Å². The van der Waals surface area contributed by atoms with E-state index in [2.05, 4.69) is 18.8 Å². The number of fused-ring (bicyclic) bond motifs is 1. The van der Waals surface area contributed by atoms with Crippen molar-refractivity contribution in [3.63, 3.8) is 0 Å². The van der Waals surface area contributed by atoms with Gasteiger partial charge in [-0.05, 0) is 24.6 Å². The van der Waals surface area contributed by atoms with Crippen LogP contribution in [-0.4, -0.2) is 35.5 Å². The summed E-state index contributed by atoms with van der Waals surface area (Å²) in [6, 6.07) is 8.63. The summed E-state index contributed by atoms with van der Waals surface area (Å²) in [5.74, 6) is 5.63. The van der Waals surface area contributed by atoms with Gasteiger partial charge in [-0.2, -0.15) is 0 Å². The van der Waals surface area contributed by atoms with Gasteiger partial charge in [0.2, 0.25) is 0 Å². The minimum atomic E-state index is -1.37. The second kappa shape index (κ2) is 12.9. The molecule has 1 N–H and O–H groups in total. The molecule has 0 bridgehead atoms. The minimum Gasteiger partial charge on any atom is -0.396 e. The third-order valence-corrected chi connectivity index (χ3v) is 7.38. The van der Waals surface area contributed by atoms with Crippen molar-refractivity contribution in [2.75, 3.05) is 13.7 Å². The summed E-state index contributed by atoms with van der Waals surface area (Å²) in [7, 11) is 1.46. The zero-order valence-electron chi connectivity index (χ0n) is 20.3. The molecule has 2 aromatic rings. The van der Waals surface area contributed by atoms with E-state index in [9.17, 15) is 14.7 Å². The van der Waals surface area contributed by atoms with Crippen LogP contribution < -0.4 is 0 Å². The topological polar surface area (TPSA) is 66.8 Å². The second-order valence-corrected chi connectivity index (χ2v) is 9.59. The van der Waals surface area contributed by atoms with Crippen LogP contribution in [0.1, 0.15) is 102 Å². The van der Waals surface area contributed by atoms with Gasteiger partial charge in [0.15, 0.2) is 5.72 Å². The zero-order valence-corrected chi connectivity index (χ0v) is 21.1. The molecule has 182 valence electrons. The zero-order chi connectivity index (χ0) is 24.4. The van der Waals surface area contributed by atoms with Gasteiger partial charge >= 0.3 is 0 Å². The average molecular weight is 482 g/mol. The first-order valence-electron chi connectivity index (χ1n) is 12.3. The lowest BCUT2D eigenvalue weighted by molar-refractivity contribution is -0.114. The maximum atomic E-state index is 13.2. The highest BCUT2D eigenvalue weighted by Crippen LogP contribution is 2.41. The molecule has 0 spiro atoms. The van der Waals surface area contributed by atoms with Crippen LogP contribution in [0.2, 0.25) is 0 Å². The van der Waals surface area contributed by atoms with Gasteiger partial charge in [0.25, 0.3) is 11.8 Å². The molecule has 1 aromatic carbocycles. The third kappa shape index (κ3) is 5.78. The number of aliphatic hydroxyl groups excluding tert-OH is 1. The van der Waals surface area contributed by atoms with Gasteiger partial charge in [-0.25, -0.2) is 4.90 Å². The number of unbranched alkanes of at least 4 members (excludes halogenated alkanes) is 8. The van der Waals surface area contributed by atoms with E-state index in [1.54, 1.807) is 24.3 Å². The average Bonchev–Trinajstić information content (AvgIpc) is 3.43. The Morgan fingerprint density at radius 1 is 1.00 bits per heavy atom. The monoisotopic (exact) mass is 481 g/mol. The van der Waals surface area contributed by atoms with Gasteiger partial charge in [-0.1, -0.05) is 75.8 Å². The molecule has 1 aliphatic rings. The molecule has 1 aromatic heterocycles. The van der Waals surface area contributed by atoms with Crippen LogP contribution in [0, 0.1) is 11.8 Å². The van der Waals surface area contributed by atoms with Crippen molar-refractivity contribution in [3.05, 3.63) is 57.3 Å². The smallest absolute Gasteiger partial charge is 0.264 e. The van der Waals surface area contributed by atoms with Crippen molar-refractivity contribution in [1.29, 1.82) is 0 Å². The lowest BCUT2D eigenvalue weighted by Crippen LogP contribution is -2.51. The molecule has 6 heteroatoms. The van der Waals surface area contributed by atoms with Crippen molar-refractivity contribution in [1.82, 2.24) is 4.90 Å². The van der Waals surface area contributed by atoms with Gasteiger partial charge in [0.05, 0.1) is 16.0 Å². The van der Waals surface area contributed by atoms with Gasteiger partial charge in [-0.3, -0.25) is 9.59 Å². The number of imide groups is 1. The fourth-order valence-electron chi connectivity index (χ4n) is 4.43. The molecular formula is C28H35NO4S. The standard InChI is InChI=1S/C28H35NO4S/c1-3-4-5-6-7-8-9-10-11-12-15-22-20-25(34-21-22)28(33-2,18-19-30)29-26(31)23-16-13-14-17-24(23)27(29)32/h13-14,16-17,20-21,30H,3-11,18-19H2,1-2H3. The van der Waals surface area contributed by atoms with Crippen LogP contribution >= 0.6 is 11.3 Å². The molecule has 1 unspecified atom stereocenters. The summed E-state index contributed by atoms with van der Waals surface area (Å²) < 4.78 is 5.83. The summed E-state index contributed by atoms with van der Waals surface area (Å²) in [5, 5.41) is 11.7. The molecule has 1 atom stereocenters. The Morgan fingerprint density at radius 2 is 1.62 bits per heavy atom. The third-order valence-electron chi connectivity index (χ3n) is 6.32. The number of hydrogen-bond acceptors (Lipinski definition) is 5. The molecule has 5 nitrogen and oxygen atoms in total. The second-order valence-electron chi connectivity index (χ2n) is 8.68. The fourth-order valence-corrected chi connectivity index (χ4v) is 5.46. The van der Waals surface area contributed by atoms with E-state index >= 15 is 0 Å².